The Morgan fingerprint density at radius 2 is 1.87 bits per heavy atom. The van der Waals surface area contributed by atoms with Crippen molar-refractivity contribution in [3.05, 3.63) is 30.3 Å². The Balaban J connectivity index is 2.81. The van der Waals surface area contributed by atoms with E-state index in [-0.39, 0.29) is 11.3 Å². The quantitative estimate of drug-likeness (QED) is 0.712. The smallest absolute Gasteiger partial charge is 0.312 e. The van der Waals surface area contributed by atoms with E-state index >= 15 is 0 Å². The van der Waals surface area contributed by atoms with E-state index in [0.29, 0.717) is 5.39 Å². The maximum Gasteiger partial charge on any atom is 0.312 e. The van der Waals surface area contributed by atoms with Crippen LogP contribution in [0.2, 0.25) is 0 Å². The van der Waals surface area contributed by atoms with Crippen molar-refractivity contribution >= 4 is 21.0 Å². The molecule has 78 valence electrons. The SMILES string of the molecule is O=S(=O)(O)c1ccc2cccc(O)c2n1. The van der Waals surface area contributed by atoms with Crippen LogP contribution >= 0.6 is 0 Å². The number of phenols is 1. The van der Waals surface area contributed by atoms with Gasteiger partial charge in [0.15, 0.2) is 5.03 Å². The number of hydrogen-bond acceptors (Lipinski definition) is 4. The monoisotopic (exact) mass is 225 g/mol. The summed E-state index contributed by atoms with van der Waals surface area (Å²) in [5, 5.41) is 9.55. The molecule has 0 bridgehead atoms. The molecule has 2 N–H and O–H groups in total. The van der Waals surface area contributed by atoms with Gasteiger partial charge in [0.25, 0.3) is 0 Å². The summed E-state index contributed by atoms with van der Waals surface area (Å²) in [6.45, 7) is 0. The molecule has 0 spiro atoms. The summed E-state index contributed by atoms with van der Waals surface area (Å²) in [4.78, 5) is 3.66. The minimum absolute atomic E-state index is 0.127. The fourth-order valence-corrected chi connectivity index (χ4v) is 1.70. The van der Waals surface area contributed by atoms with Crippen molar-refractivity contribution in [2.24, 2.45) is 0 Å². The molecule has 5 nitrogen and oxygen atoms in total. The zero-order valence-corrected chi connectivity index (χ0v) is 8.27. The molecule has 0 atom stereocenters. The maximum absolute atomic E-state index is 10.8. The fourth-order valence-electron chi connectivity index (χ4n) is 1.26. The summed E-state index contributed by atoms with van der Waals surface area (Å²) in [5.41, 5.74) is 0.146. The topological polar surface area (TPSA) is 87.5 Å². The lowest BCUT2D eigenvalue weighted by molar-refractivity contribution is 0.476. The van der Waals surface area contributed by atoms with E-state index in [0.717, 1.165) is 0 Å². The van der Waals surface area contributed by atoms with Crippen LogP contribution in [0.25, 0.3) is 10.9 Å². The zero-order valence-electron chi connectivity index (χ0n) is 7.45. The molecular weight excluding hydrogens is 218 g/mol. The number of pyridine rings is 1. The number of hydrogen-bond donors (Lipinski definition) is 2. The van der Waals surface area contributed by atoms with Gasteiger partial charge in [0.2, 0.25) is 0 Å². The van der Waals surface area contributed by atoms with E-state index in [1.54, 1.807) is 12.1 Å². The second-order valence-corrected chi connectivity index (χ2v) is 4.34. The number of aromatic nitrogens is 1. The van der Waals surface area contributed by atoms with Crippen LogP contribution < -0.4 is 0 Å². The molecule has 1 heterocycles. The Hall–Kier alpha value is -1.66. The number of fused-ring (bicyclic) bond motifs is 1. The third kappa shape index (κ3) is 1.77. The van der Waals surface area contributed by atoms with Gasteiger partial charge in [0, 0.05) is 5.39 Å². The van der Waals surface area contributed by atoms with Crippen LogP contribution in [0.5, 0.6) is 5.75 Å². The largest absolute Gasteiger partial charge is 0.506 e. The first-order valence-electron chi connectivity index (χ1n) is 4.05. The molecular formula is C9H7NO4S. The van der Waals surface area contributed by atoms with E-state index < -0.39 is 15.1 Å². The number of benzene rings is 1. The van der Waals surface area contributed by atoms with E-state index in [1.165, 1.54) is 18.2 Å². The predicted octanol–water partition coefficient (Wildman–Crippen LogP) is 1.19. The number of aromatic hydroxyl groups is 1. The molecule has 1 aromatic carbocycles. The summed E-state index contributed by atoms with van der Waals surface area (Å²) in [6, 6.07) is 7.33. The lowest BCUT2D eigenvalue weighted by Gasteiger charge is -2.01. The normalized spacial score (nSPS) is 11.8. The molecule has 0 fully saturated rings. The highest BCUT2D eigenvalue weighted by atomic mass is 32.2. The molecule has 2 aromatic rings. The molecule has 0 saturated carbocycles. The number of para-hydroxylation sites is 1. The van der Waals surface area contributed by atoms with Gasteiger partial charge in [-0.05, 0) is 18.2 Å². The average Bonchev–Trinajstić information content (AvgIpc) is 2.16. The number of rotatable bonds is 1. The highest BCUT2D eigenvalue weighted by molar-refractivity contribution is 7.85. The average molecular weight is 225 g/mol. The van der Waals surface area contributed by atoms with Crippen LogP contribution in [0, 0.1) is 0 Å². The van der Waals surface area contributed by atoms with Crippen molar-refractivity contribution in [3.8, 4) is 5.75 Å². The van der Waals surface area contributed by atoms with Gasteiger partial charge in [-0.25, -0.2) is 4.98 Å². The molecule has 1 aromatic heterocycles. The van der Waals surface area contributed by atoms with Gasteiger partial charge in [-0.1, -0.05) is 12.1 Å². The molecule has 0 radical (unpaired) electrons. The Morgan fingerprint density at radius 3 is 2.53 bits per heavy atom. The first-order valence-corrected chi connectivity index (χ1v) is 5.49. The fraction of sp³-hybridized carbons (Fsp3) is 0. The molecule has 15 heavy (non-hydrogen) atoms. The standard InChI is InChI=1S/C9H7NO4S/c11-7-3-1-2-6-4-5-8(10-9(6)7)15(12,13)14/h1-5,11H,(H,12,13,14). The van der Waals surface area contributed by atoms with Gasteiger partial charge in [0.1, 0.15) is 11.3 Å². The Kier molecular flexibility index (Phi) is 2.09. The first kappa shape index (κ1) is 9.88. The molecule has 0 aliphatic heterocycles. The van der Waals surface area contributed by atoms with E-state index in [4.69, 9.17) is 4.55 Å². The van der Waals surface area contributed by atoms with E-state index in [2.05, 4.69) is 4.98 Å². The molecule has 2 rings (SSSR count). The summed E-state index contributed by atoms with van der Waals surface area (Å²) < 4.78 is 30.4. The van der Waals surface area contributed by atoms with Gasteiger partial charge in [0.05, 0.1) is 0 Å². The summed E-state index contributed by atoms with van der Waals surface area (Å²) in [5.74, 6) is -0.127. The van der Waals surface area contributed by atoms with Crippen molar-refractivity contribution in [3.63, 3.8) is 0 Å². The summed E-state index contributed by atoms with van der Waals surface area (Å²) in [6.07, 6.45) is 0. The van der Waals surface area contributed by atoms with Crippen LogP contribution in [-0.4, -0.2) is 23.1 Å². The minimum Gasteiger partial charge on any atom is -0.506 e. The Bertz CT molecular complexity index is 621. The predicted molar refractivity (Wildman–Crippen MR) is 53.2 cm³/mol. The van der Waals surface area contributed by atoms with Gasteiger partial charge in [-0.3, -0.25) is 4.55 Å². The van der Waals surface area contributed by atoms with Gasteiger partial charge in [-0.15, -0.1) is 0 Å². The number of phenolic OH excluding ortho intramolecular Hbond substituents is 1. The van der Waals surface area contributed by atoms with Gasteiger partial charge < -0.3 is 5.11 Å². The van der Waals surface area contributed by atoms with E-state index in [1.807, 2.05) is 0 Å². The second-order valence-electron chi connectivity index (χ2n) is 2.97. The second kappa shape index (κ2) is 3.18. The molecule has 0 saturated heterocycles. The van der Waals surface area contributed by atoms with Crippen molar-refractivity contribution in [2.45, 2.75) is 5.03 Å². The van der Waals surface area contributed by atoms with Gasteiger partial charge in [-0.2, -0.15) is 8.42 Å². The molecule has 6 heteroatoms. The summed E-state index contributed by atoms with van der Waals surface area (Å²) >= 11 is 0. The zero-order chi connectivity index (χ0) is 11.1. The molecule has 0 amide bonds. The van der Waals surface area contributed by atoms with Crippen LogP contribution in [0.3, 0.4) is 0 Å². The number of nitrogens with zero attached hydrogens (tertiary/aromatic N) is 1. The Labute approximate surface area is 85.8 Å². The third-order valence-electron chi connectivity index (χ3n) is 1.94. The van der Waals surface area contributed by atoms with Crippen molar-refractivity contribution < 1.29 is 18.1 Å². The molecule has 0 unspecified atom stereocenters. The molecule has 0 aliphatic rings. The maximum atomic E-state index is 10.8. The molecule has 0 aliphatic carbocycles. The van der Waals surface area contributed by atoms with Crippen molar-refractivity contribution in [1.29, 1.82) is 0 Å². The lowest BCUT2D eigenvalue weighted by atomic mass is 10.2. The Morgan fingerprint density at radius 1 is 1.13 bits per heavy atom. The first-order chi connectivity index (χ1) is 6.98. The highest BCUT2D eigenvalue weighted by Gasteiger charge is 2.12. The highest BCUT2D eigenvalue weighted by Crippen LogP contribution is 2.23. The van der Waals surface area contributed by atoms with Crippen LogP contribution in [0.15, 0.2) is 35.4 Å². The van der Waals surface area contributed by atoms with Crippen LogP contribution in [0.1, 0.15) is 0 Å². The van der Waals surface area contributed by atoms with E-state index in [9.17, 15) is 13.5 Å². The van der Waals surface area contributed by atoms with Crippen LogP contribution in [0.4, 0.5) is 0 Å². The minimum atomic E-state index is -4.33. The lowest BCUT2D eigenvalue weighted by Crippen LogP contribution is -2.00. The van der Waals surface area contributed by atoms with Crippen LogP contribution in [-0.2, 0) is 10.1 Å². The van der Waals surface area contributed by atoms with Crippen molar-refractivity contribution in [1.82, 2.24) is 4.98 Å². The van der Waals surface area contributed by atoms with Crippen molar-refractivity contribution in [2.75, 3.05) is 0 Å². The summed E-state index contributed by atoms with van der Waals surface area (Å²) in [7, 11) is -4.33. The third-order valence-corrected chi connectivity index (χ3v) is 2.69. The van der Waals surface area contributed by atoms with Gasteiger partial charge >= 0.3 is 10.1 Å².